The Morgan fingerprint density at radius 2 is 1.73 bits per heavy atom. The van der Waals surface area contributed by atoms with Crippen molar-refractivity contribution in [2.24, 2.45) is 0 Å². The summed E-state index contributed by atoms with van der Waals surface area (Å²) in [5.74, 6) is 0. The number of benzene rings is 2. The second-order valence-corrected chi connectivity index (χ2v) is 6.74. The standard InChI is InChI=1S/C14H13ClN2O4S/c1-10(13-4-2-3-5-14(13)15)16-22(20,21)12-8-6-11(7-9-12)17(18)19/h2-10,16H,1H3. The Hall–Kier alpha value is -1.96. The van der Waals surface area contributed by atoms with Gasteiger partial charge in [-0.1, -0.05) is 29.8 Å². The van der Waals surface area contributed by atoms with Gasteiger partial charge >= 0.3 is 0 Å². The zero-order valence-corrected chi connectivity index (χ0v) is 13.1. The zero-order chi connectivity index (χ0) is 16.3. The van der Waals surface area contributed by atoms with Gasteiger partial charge in [0.15, 0.2) is 0 Å². The molecule has 2 aromatic carbocycles. The summed E-state index contributed by atoms with van der Waals surface area (Å²) in [6, 6.07) is 11.1. The second-order valence-electron chi connectivity index (χ2n) is 4.62. The van der Waals surface area contributed by atoms with Crippen molar-refractivity contribution >= 4 is 27.3 Å². The summed E-state index contributed by atoms with van der Waals surface area (Å²) in [4.78, 5) is 9.96. The monoisotopic (exact) mass is 340 g/mol. The van der Waals surface area contributed by atoms with Crippen molar-refractivity contribution in [1.82, 2.24) is 4.72 Å². The zero-order valence-electron chi connectivity index (χ0n) is 11.6. The molecular weight excluding hydrogens is 328 g/mol. The molecule has 2 rings (SSSR count). The van der Waals surface area contributed by atoms with E-state index in [2.05, 4.69) is 4.72 Å². The van der Waals surface area contributed by atoms with Crippen molar-refractivity contribution in [3.8, 4) is 0 Å². The highest BCUT2D eigenvalue weighted by molar-refractivity contribution is 7.89. The van der Waals surface area contributed by atoms with Gasteiger partial charge in [-0.3, -0.25) is 10.1 Å². The molecule has 116 valence electrons. The molecule has 0 bridgehead atoms. The number of nitro benzene ring substituents is 1. The fourth-order valence-corrected chi connectivity index (χ4v) is 3.46. The first-order chi connectivity index (χ1) is 10.3. The first kappa shape index (κ1) is 16.4. The Bertz CT molecular complexity index is 791. The Balaban J connectivity index is 2.24. The van der Waals surface area contributed by atoms with Crippen LogP contribution in [-0.4, -0.2) is 13.3 Å². The van der Waals surface area contributed by atoms with Crippen LogP contribution in [-0.2, 0) is 10.0 Å². The minimum Gasteiger partial charge on any atom is -0.258 e. The number of sulfonamides is 1. The third kappa shape index (κ3) is 3.62. The molecule has 0 saturated heterocycles. The van der Waals surface area contributed by atoms with Gasteiger partial charge in [0.2, 0.25) is 10.0 Å². The molecule has 1 unspecified atom stereocenters. The summed E-state index contributed by atoms with van der Waals surface area (Å²) in [5, 5.41) is 11.0. The lowest BCUT2D eigenvalue weighted by atomic mass is 10.1. The van der Waals surface area contributed by atoms with E-state index in [9.17, 15) is 18.5 Å². The van der Waals surface area contributed by atoms with Gasteiger partial charge in [-0.05, 0) is 30.7 Å². The van der Waals surface area contributed by atoms with Gasteiger partial charge in [0.1, 0.15) is 0 Å². The van der Waals surface area contributed by atoms with Gasteiger partial charge < -0.3 is 0 Å². The number of nitro groups is 1. The van der Waals surface area contributed by atoms with E-state index >= 15 is 0 Å². The summed E-state index contributed by atoms with van der Waals surface area (Å²) in [5.41, 5.74) is 0.479. The number of nitrogens with zero attached hydrogens (tertiary/aromatic N) is 1. The SMILES string of the molecule is CC(NS(=O)(=O)c1ccc([N+](=O)[O-])cc1)c1ccccc1Cl. The van der Waals surface area contributed by atoms with Crippen LogP contribution in [0, 0.1) is 10.1 Å². The molecule has 1 N–H and O–H groups in total. The molecule has 0 fully saturated rings. The van der Waals surface area contributed by atoms with Crippen molar-refractivity contribution < 1.29 is 13.3 Å². The van der Waals surface area contributed by atoms with Crippen LogP contribution in [0.2, 0.25) is 5.02 Å². The van der Waals surface area contributed by atoms with Gasteiger partial charge in [0, 0.05) is 23.2 Å². The van der Waals surface area contributed by atoms with E-state index in [-0.39, 0.29) is 10.6 Å². The van der Waals surface area contributed by atoms with Gasteiger partial charge in [0.05, 0.1) is 9.82 Å². The average molecular weight is 341 g/mol. The van der Waals surface area contributed by atoms with Crippen LogP contribution in [0.3, 0.4) is 0 Å². The van der Waals surface area contributed by atoms with Crippen LogP contribution in [0.4, 0.5) is 5.69 Å². The fourth-order valence-electron chi connectivity index (χ4n) is 1.94. The summed E-state index contributed by atoms with van der Waals surface area (Å²) < 4.78 is 27.1. The predicted molar refractivity (Wildman–Crippen MR) is 83.3 cm³/mol. The van der Waals surface area contributed by atoms with E-state index in [1.807, 2.05) is 0 Å². The Kier molecular flexibility index (Phi) is 4.80. The van der Waals surface area contributed by atoms with E-state index in [4.69, 9.17) is 11.6 Å². The number of halogens is 1. The Morgan fingerprint density at radius 1 is 1.14 bits per heavy atom. The maximum absolute atomic E-state index is 12.3. The molecule has 8 heteroatoms. The smallest absolute Gasteiger partial charge is 0.258 e. The number of hydrogen-bond donors (Lipinski definition) is 1. The maximum atomic E-state index is 12.3. The molecule has 0 aliphatic rings. The molecule has 0 aliphatic carbocycles. The van der Waals surface area contributed by atoms with Crippen LogP contribution >= 0.6 is 11.6 Å². The Labute approximate surface area is 132 Å². The molecule has 2 aromatic rings. The van der Waals surface area contributed by atoms with E-state index < -0.39 is 21.0 Å². The van der Waals surface area contributed by atoms with E-state index in [1.54, 1.807) is 31.2 Å². The molecular formula is C14H13ClN2O4S. The van der Waals surface area contributed by atoms with Gasteiger partial charge in [-0.25, -0.2) is 13.1 Å². The molecule has 22 heavy (non-hydrogen) atoms. The molecule has 0 amide bonds. The third-order valence-corrected chi connectivity index (χ3v) is 4.96. The van der Waals surface area contributed by atoms with Crippen LogP contribution in [0.5, 0.6) is 0 Å². The number of hydrogen-bond acceptors (Lipinski definition) is 4. The van der Waals surface area contributed by atoms with Crippen LogP contribution in [0.25, 0.3) is 0 Å². The average Bonchev–Trinajstić information content (AvgIpc) is 2.47. The molecule has 0 aliphatic heterocycles. The molecule has 0 aromatic heterocycles. The lowest BCUT2D eigenvalue weighted by molar-refractivity contribution is -0.384. The number of non-ortho nitro benzene ring substituents is 1. The minimum atomic E-state index is -3.80. The largest absolute Gasteiger partial charge is 0.269 e. The molecule has 6 nitrogen and oxygen atoms in total. The van der Waals surface area contributed by atoms with Gasteiger partial charge in [-0.2, -0.15) is 0 Å². The predicted octanol–water partition coefficient (Wildman–Crippen LogP) is 3.29. The van der Waals surface area contributed by atoms with Crippen molar-refractivity contribution in [1.29, 1.82) is 0 Å². The molecule has 0 spiro atoms. The van der Waals surface area contributed by atoms with E-state index in [0.717, 1.165) is 12.1 Å². The quantitative estimate of drug-likeness (QED) is 0.668. The summed E-state index contributed by atoms with van der Waals surface area (Å²) in [6.07, 6.45) is 0. The Morgan fingerprint density at radius 3 is 2.27 bits per heavy atom. The topological polar surface area (TPSA) is 89.3 Å². The van der Waals surface area contributed by atoms with E-state index in [0.29, 0.717) is 10.6 Å². The van der Waals surface area contributed by atoms with Crippen molar-refractivity contribution in [3.05, 3.63) is 69.2 Å². The van der Waals surface area contributed by atoms with Crippen LogP contribution < -0.4 is 4.72 Å². The number of nitrogens with one attached hydrogen (secondary N) is 1. The minimum absolute atomic E-state index is 0.0444. The normalized spacial score (nSPS) is 12.8. The molecule has 0 heterocycles. The fraction of sp³-hybridized carbons (Fsp3) is 0.143. The highest BCUT2D eigenvalue weighted by Gasteiger charge is 2.20. The molecule has 0 radical (unpaired) electrons. The second kappa shape index (κ2) is 6.43. The summed E-state index contributed by atoms with van der Waals surface area (Å²) in [6.45, 7) is 1.67. The molecule has 0 saturated carbocycles. The molecule has 1 atom stereocenters. The first-order valence-corrected chi connectivity index (χ1v) is 8.18. The van der Waals surface area contributed by atoms with Gasteiger partial charge in [-0.15, -0.1) is 0 Å². The van der Waals surface area contributed by atoms with Crippen LogP contribution in [0.15, 0.2) is 53.4 Å². The third-order valence-electron chi connectivity index (χ3n) is 3.06. The maximum Gasteiger partial charge on any atom is 0.269 e. The lowest BCUT2D eigenvalue weighted by Gasteiger charge is -2.15. The van der Waals surface area contributed by atoms with E-state index in [1.165, 1.54) is 12.1 Å². The first-order valence-electron chi connectivity index (χ1n) is 6.32. The van der Waals surface area contributed by atoms with Crippen LogP contribution in [0.1, 0.15) is 18.5 Å². The summed E-state index contributed by atoms with van der Waals surface area (Å²) >= 11 is 6.04. The van der Waals surface area contributed by atoms with Crippen molar-refractivity contribution in [2.45, 2.75) is 17.9 Å². The van der Waals surface area contributed by atoms with Crippen molar-refractivity contribution in [2.75, 3.05) is 0 Å². The summed E-state index contributed by atoms with van der Waals surface area (Å²) in [7, 11) is -3.80. The highest BCUT2D eigenvalue weighted by Crippen LogP contribution is 2.24. The lowest BCUT2D eigenvalue weighted by Crippen LogP contribution is -2.27. The number of rotatable bonds is 5. The highest BCUT2D eigenvalue weighted by atomic mass is 35.5. The van der Waals surface area contributed by atoms with Gasteiger partial charge in [0.25, 0.3) is 5.69 Å². The van der Waals surface area contributed by atoms with Crippen molar-refractivity contribution in [3.63, 3.8) is 0 Å².